The average Bonchev–Trinajstić information content (AvgIpc) is 3.42. The highest BCUT2D eigenvalue weighted by Gasteiger charge is 2.45. The molecular weight excluding hydrogens is 542 g/mol. The second kappa shape index (κ2) is 10.2. The van der Waals surface area contributed by atoms with Crippen molar-refractivity contribution < 1.29 is 19.2 Å². The monoisotopic (exact) mass is 577 g/mol. The van der Waals surface area contributed by atoms with Crippen LogP contribution in [0.15, 0.2) is 66.7 Å². The lowest BCUT2D eigenvalue weighted by Crippen LogP contribution is -2.54. The van der Waals surface area contributed by atoms with Crippen LogP contribution in [-0.2, 0) is 9.59 Å². The summed E-state index contributed by atoms with van der Waals surface area (Å²) in [4.78, 5) is 57.2. The predicted octanol–water partition coefficient (Wildman–Crippen LogP) is 5.70. The molecule has 1 unspecified atom stereocenters. The van der Waals surface area contributed by atoms with E-state index in [1.165, 1.54) is 0 Å². The number of aromatic nitrogens is 2. The van der Waals surface area contributed by atoms with Crippen LogP contribution in [-0.4, -0.2) is 49.5 Å². The van der Waals surface area contributed by atoms with E-state index in [2.05, 4.69) is 67.9 Å². The molecule has 4 aromatic rings. The van der Waals surface area contributed by atoms with E-state index in [0.717, 1.165) is 34.0 Å². The van der Waals surface area contributed by atoms with Gasteiger partial charge in [-0.05, 0) is 61.9 Å². The van der Waals surface area contributed by atoms with Gasteiger partial charge in [-0.25, -0.2) is 4.98 Å². The lowest BCUT2D eigenvalue weighted by Gasteiger charge is -2.34. The summed E-state index contributed by atoms with van der Waals surface area (Å²) in [5, 5.41) is 6.03. The van der Waals surface area contributed by atoms with E-state index in [1.807, 2.05) is 30.3 Å². The molecule has 0 aliphatic carbocycles. The highest BCUT2D eigenvalue weighted by molar-refractivity contribution is 6.23. The third-order valence-electron chi connectivity index (χ3n) is 7.86. The number of rotatable bonds is 6. The van der Waals surface area contributed by atoms with Crippen molar-refractivity contribution in [2.75, 3.05) is 5.32 Å². The normalized spacial score (nSPS) is 17.4. The Morgan fingerprint density at radius 2 is 1.58 bits per heavy atom. The Morgan fingerprint density at radius 1 is 0.860 bits per heavy atom. The quantitative estimate of drug-likeness (QED) is 0.285. The van der Waals surface area contributed by atoms with E-state index in [9.17, 15) is 19.2 Å². The number of hydrogen-bond acceptors (Lipinski definition) is 6. The molecule has 4 heterocycles. The number of imidazole rings is 1. The molecule has 1 fully saturated rings. The van der Waals surface area contributed by atoms with E-state index in [0.29, 0.717) is 11.3 Å². The first kappa shape index (κ1) is 28.3. The van der Waals surface area contributed by atoms with Crippen LogP contribution in [0.25, 0.3) is 28.2 Å². The van der Waals surface area contributed by atoms with Gasteiger partial charge < -0.3 is 5.32 Å². The molecule has 0 bridgehead atoms. The van der Waals surface area contributed by atoms with Crippen molar-refractivity contribution >= 4 is 35.1 Å². The zero-order valence-corrected chi connectivity index (χ0v) is 25.0. The number of piperidine rings is 1. The molecule has 9 nitrogen and oxygen atoms in total. The third-order valence-corrected chi connectivity index (χ3v) is 7.86. The van der Waals surface area contributed by atoms with Crippen LogP contribution in [0.1, 0.15) is 74.6 Å². The maximum absolute atomic E-state index is 13.6. The average molecular weight is 578 g/mol. The summed E-state index contributed by atoms with van der Waals surface area (Å²) in [6.45, 7) is 10.9. The van der Waals surface area contributed by atoms with Crippen molar-refractivity contribution in [1.29, 1.82) is 0 Å². The molecule has 9 heteroatoms. The number of benzene rings is 2. The first-order chi connectivity index (χ1) is 20.3. The summed E-state index contributed by atoms with van der Waals surface area (Å²) >= 11 is 0. The number of imide groups is 2. The molecule has 43 heavy (non-hydrogen) atoms. The first-order valence-corrected chi connectivity index (χ1v) is 14.5. The van der Waals surface area contributed by atoms with Crippen molar-refractivity contribution in [1.82, 2.24) is 19.6 Å². The maximum Gasteiger partial charge on any atom is 0.262 e. The van der Waals surface area contributed by atoms with Gasteiger partial charge >= 0.3 is 0 Å². The molecule has 1 saturated heterocycles. The van der Waals surface area contributed by atoms with Gasteiger partial charge in [0, 0.05) is 17.5 Å². The van der Waals surface area contributed by atoms with Crippen LogP contribution in [0.4, 0.5) is 5.82 Å². The predicted molar refractivity (Wildman–Crippen MR) is 165 cm³/mol. The van der Waals surface area contributed by atoms with Crippen molar-refractivity contribution in [2.24, 2.45) is 5.41 Å². The van der Waals surface area contributed by atoms with Gasteiger partial charge in [-0.15, -0.1) is 0 Å². The van der Waals surface area contributed by atoms with Gasteiger partial charge in [-0.1, -0.05) is 63.2 Å². The molecule has 2 aliphatic heterocycles. The van der Waals surface area contributed by atoms with E-state index in [1.54, 1.807) is 18.2 Å². The van der Waals surface area contributed by atoms with Crippen LogP contribution in [0, 0.1) is 5.41 Å². The highest BCUT2D eigenvalue weighted by Crippen LogP contribution is 2.39. The summed E-state index contributed by atoms with van der Waals surface area (Å²) in [5.74, 6) is -1.34. The number of pyridine rings is 1. The Kier molecular flexibility index (Phi) is 6.71. The summed E-state index contributed by atoms with van der Waals surface area (Å²) in [5.41, 5.74) is 4.22. The van der Waals surface area contributed by atoms with E-state index < -0.39 is 29.7 Å². The fourth-order valence-corrected chi connectivity index (χ4v) is 6.55. The number of fused-ring (bicyclic) bond motifs is 2. The standard InChI is InChI=1S/C34H35N5O4/c1-33(2,3)19-34(4,5)37-29-28(35-26-13-9-12-24(38(26)29)20-10-7-6-8-11-20)21-14-15-22-23(18-21)32(43)39(31(22)42)25-16-17-27(40)36-30(25)41/h6-15,18,25,37H,16-17,19H2,1-5H3,(H,36,40,41). The molecule has 1 atom stereocenters. The molecule has 4 amide bonds. The van der Waals surface area contributed by atoms with Gasteiger partial charge in [-0.2, -0.15) is 0 Å². The molecule has 220 valence electrons. The number of hydrogen-bond donors (Lipinski definition) is 2. The highest BCUT2D eigenvalue weighted by atomic mass is 16.2. The van der Waals surface area contributed by atoms with E-state index >= 15 is 0 Å². The summed E-state index contributed by atoms with van der Waals surface area (Å²) in [6.07, 6.45) is 1.05. The van der Waals surface area contributed by atoms with Gasteiger partial charge in [-0.3, -0.25) is 33.8 Å². The number of nitrogens with one attached hydrogen (secondary N) is 2. The minimum absolute atomic E-state index is 0.0548. The van der Waals surface area contributed by atoms with E-state index in [-0.39, 0.29) is 34.9 Å². The number of amides is 4. The molecule has 2 N–H and O–H groups in total. The Balaban J connectivity index is 1.48. The summed E-state index contributed by atoms with van der Waals surface area (Å²) in [7, 11) is 0. The van der Waals surface area contributed by atoms with Gasteiger partial charge in [0.25, 0.3) is 11.8 Å². The van der Waals surface area contributed by atoms with Crippen molar-refractivity contribution in [3.8, 4) is 22.5 Å². The van der Waals surface area contributed by atoms with Crippen molar-refractivity contribution in [3.05, 3.63) is 77.9 Å². The third kappa shape index (κ3) is 5.20. The lowest BCUT2D eigenvalue weighted by atomic mass is 9.82. The molecule has 0 spiro atoms. The molecule has 2 aromatic carbocycles. The zero-order chi connectivity index (χ0) is 30.7. The maximum atomic E-state index is 13.6. The molecular formula is C34H35N5O4. The zero-order valence-electron chi connectivity index (χ0n) is 25.0. The molecule has 0 saturated carbocycles. The Bertz CT molecular complexity index is 1800. The van der Waals surface area contributed by atoms with Crippen LogP contribution in [0.2, 0.25) is 0 Å². The Labute approximate surface area is 250 Å². The van der Waals surface area contributed by atoms with Gasteiger partial charge in [0.2, 0.25) is 11.8 Å². The number of nitrogens with zero attached hydrogens (tertiary/aromatic N) is 3. The molecule has 6 rings (SSSR count). The SMILES string of the molecule is CC(C)(C)CC(C)(C)Nc1c(-c2ccc3c(c2)C(=O)N(C2CCC(=O)NC2=O)C3=O)nc2cccc(-c3ccccc3)n12. The second-order valence-electron chi connectivity index (χ2n) is 13.2. The fourth-order valence-electron chi connectivity index (χ4n) is 6.55. The number of carbonyl (C=O) groups is 4. The van der Waals surface area contributed by atoms with Crippen molar-refractivity contribution in [2.45, 2.75) is 65.5 Å². The number of carbonyl (C=O) groups excluding carboxylic acids is 4. The van der Waals surface area contributed by atoms with Gasteiger partial charge in [0.05, 0.1) is 16.8 Å². The van der Waals surface area contributed by atoms with Crippen LogP contribution in [0.5, 0.6) is 0 Å². The fraction of sp³-hybridized carbons (Fsp3) is 0.324. The smallest absolute Gasteiger partial charge is 0.262 e. The largest absolute Gasteiger partial charge is 0.364 e. The summed E-state index contributed by atoms with van der Waals surface area (Å²) < 4.78 is 2.10. The molecule has 2 aliphatic rings. The Hall–Kier alpha value is -4.79. The minimum atomic E-state index is -1.02. The second-order valence-corrected chi connectivity index (χ2v) is 13.2. The lowest BCUT2D eigenvalue weighted by molar-refractivity contribution is -0.136. The van der Waals surface area contributed by atoms with Crippen LogP contribution >= 0.6 is 0 Å². The number of anilines is 1. The summed E-state index contributed by atoms with van der Waals surface area (Å²) in [6, 6.07) is 20.2. The van der Waals surface area contributed by atoms with Crippen molar-refractivity contribution in [3.63, 3.8) is 0 Å². The first-order valence-electron chi connectivity index (χ1n) is 14.5. The topological polar surface area (TPSA) is 113 Å². The molecule has 0 radical (unpaired) electrons. The van der Waals surface area contributed by atoms with Gasteiger partial charge in [0.1, 0.15) is 23.2 Å². The Morgan fingerprint density at radius 3 is 2.28 bits per heavy atom. The molecule has 2 aromatic heterocycles. The van der Waals surface area contributed by atoms with Gasteiger partial charge in [0.15, 0.2) is 0 Å². The van der Waals surface area contributed by atoms with Crippen LogP contribution < -0.4 is 10.6 Å². The van der Waals surface area contributed by atoms with Crippen LogP contribution in [0.3, 0.4) is 0 Å². The van der Waals surface area contributed by atoms with E-state index in [4.69, 9.17) is 4.98 Å². The minimum Gasteiger partial charge on any atom is -0.364 e.